The molecule has 0 bridgehead atoms. The summed E-state index contributed by atoms with van der Waals surface area (Å²) in [6, 6.07) is 3.53. The monoisotopic (exact) mass is 164 g/mol. The molecule has 0 aliphatic heterocycles. The van der Waals surface area contributed by atoms with E-state index in [0.717, 1.165) is 0 Å². The molecule has 1 rings (SSSR count). The van der Waals surface area contributed by atoms with Crippen LogP contribution >= 0.6 is 21.9 Å². The van der Waals surface area contributed by atoms with Crippen LogP contribution in [0.15, 0.2) is 21.7 Å². The summed E-state index contributed by atoms with van der Waals surface area (Å²) in [5, 5.41) is 1.83. The summed E-state index contributed by atoms with van der Waals surface area (Å²) < 4.78 is 18.7. The lowest BCUT2D eigenvalue weighted by Gasteiger charge is -2.24. The van der Waals surface area contributed by atoms with Crippen molar-refractivity contribution >= 4 is 21.9 Å². The molecule has 1 aromatic heterocycles. The molecule has 0 spiro atoms. The minimum absolute atomic E-state index is 0.655. The van der Waals surface area contributed by atoms with Crippen LogP contribution < -0.4 is 0 Å². The standard InChI is InChI=1S/C5H8O2S2/c1-9(6,7)5-3-2-4-8-5/h2-4,6-7H,1H3. The molecular weight excluding hydrogens is 156 g/mol. The lowest BCUT2D eigenvalue weighted by atomic mass is 10.7. The first-order valence-electron chi connectivity index (χ1n) is 2.37. The third-order valence-electron chi connectivity index (χ3n) is 0.876. The maximum Gasteiger partial charge on any atom is 0.110 e. The molecule has 1 aromatic rings. The van der Waals surface area contributed by atoms with Gasteiger partial charge in [0.25, 0.3) is 0 Å². The van der Waals surface area contributed by atoms with Crippen molar-refractivity contribution in [3.63, 3.8) is 0 Å². The zero-order chi connectivity index (χ0) is 6.91. The molecule has 0 amide bonds. The van der Waals surface area contributed by atoms with Crippen LogP contribution in [0.25, 0.3) is 0 Å². The number of thiophene rings is 1. The van der Waals surface area contributed by atoms with Crippen LogP contribution in [-0.2, 0) is 0 Å². The summed E-state index contributed by atoms with van der Waals surface area (Å²) in [5.41, 5.74) is 0. The maximum absolute atomic E-state index is 9.03. The first kappa shape index (κ1) is 7.08. The highest BCUT2D eigenvalue weighted by Crippen LogP contribution is 2.46. The molecule has 0 saturated heterocycles. The van der Waals surface area contributed by atoms with Crippen molar-refractivity contribution in [2.75, 3.05) is 6.26 Å². The quantitative estimate of drug-likeness (QED) is 0.669. The third kappa shape index (κ3) is 1.69. The predicted molar refractivity (Wildman–Crippen MR) is 41.4 cm³/mol. The van der Waals surface area contributed by atoms with Gasteiger partial charge in [0.2, 0.25) is 0 Å². The Balaban J connectivity index is 2.90. The summed E-state index contributed by atoms with van der Waals surface area (Å²) in [6.45, 7) is 0. The van der Waals surface area contributed by atoms with Crippen LogP contribution in [0.3, 0.4) is 0 Å². The lowest BCUT2D eigenvalue weighted by molar-refractivity contribution is 0.497. The molecule has 9 heavy (non-hydrogen) atoms. The van der Waals surface area contributed by atoms with Gasteiger partial charge in [0, 0.05) is 6.26 Å². The largest absolute Gasteiger partial charge is 0.294 e. The van der Waals surface area contributed by atoms with Gasteiger partial charge in [0.15, 0.2) is 0 Å². The van der Waals surface area contributed by atoms with E-state index in [2.05, 4.69) is 0 Å². The Labute approximate surface area is 59.5 Å². The highest BCUT2D eigenvalue weighted by molar-refractivity contribution is 8.25. The molecule has 2 N–H and O–H groups in total. The molecule has 0 aliphatic carbocycles. The summed E-state index contributed by atoms with van der Waals surface area (Å²) in [6.07, 6.45) is 1.43. The van der Waals surface area contributed by atoms with Crippen molar-refractivity contribution < 1.29 is 9.11 Å². The van der Waals surface area contributed by atoms with Gasteiger partial charge in [-0.3, -0.25) is 9.11 Å². The van der Waals surface area contributed by atoms with Gasteiger partial charge in [0.1, 0.15) is 4.21 Å². The number of hydrogen-bond donors (Lipinski definition) is 2. The van der Waals surface area contributed by atoms with Gasteiger partial charge >= 0.3 is 0 Å². The van der Waals surface area contributed by atoms with E-state index in [-0.39, 0.29) is 0 Å². The Morgan fingerprint density at radius 2 is 2.22 bits per heavy atom. The fourth-order valence-electron chi connectivity index (χ4n) is 0.484. The van der Waals surface area contributed by atoms with Gasteiger partial charge in [-0.1, -0.05) is 0 Å². The molecule has 0 aliphatic rings. The first-order chi connectivity index (χ1) is 4.11. The SMILES string of the molecule is CS(O)(O)c1cccs1. The van der Waals surface area contributed by atoms with E-state index in [9.17, 15) is 0 Å². The van der Waals surface area contributed by atoms with Crippen molar-refractivity contribution in [2.45, 2.75) is 4.21 Å². The van der Waals surface area contributed by atoms with Crippen molar-refractivity contribution in [3.8, 4) is 0 Å². The van der Waals surface area contributed by atoms with E-state index in [0.29, 0.717) is 4.21 Å². The van der Waals surface area contributed by atoms with E-state index in [4.69, 9.17) is 9.11 Å². The number of rotatable bonds is 1. The van der Waals surface area contributed by atoms with Gasteiger partial charge in [-0.25, -0.2) is 0 Å². The van der Waals surface area contributed by atoms with Crippen molar-refractivity contribution in [3.05, 3.63) is 17.5 Å². The Kier molecular flexibility index (Phi) is 1.81. The van der Waals surface area contributed by atoms with E-state index < -0.39 is 10.6 Å². The Hall–Kier alpha value is -0.0300. The minimum atomic E-state index is -2.44. The zero-order valence-electron chi connectivity index (χ0n) is 4.94. The predicted octanol–water partition coefficient (Wildman–Crippen LogP) is 2.49. The number of hydrogen-bond acceptors (Lipinski definition) is 3. The van der Waals surface area contributed by atoms with E-state index >= 15 is 0 Å². The van der Waals surface area contributed by atoms with E-state index in [1.54, 1.807) is 12.1 Å². The normalized spacial score (nSPS) is 13.7. The van der Waals surface area contributed by atoms with E-state index in [1.807, 2.05) is 5.38 Å². The third-order valence-corrected chi connectivity index (χ3v) is 3.67. The molecule has 0 fully saturated rings. The Morgan fingerprint density at radius 1 is 1.56 bits per heavy atom. The van der Waals surface area contributed by atoms with Gasteiger partial charge in [-0.05, 0) is 17.5 Å². The van der Waals surface area contributed by atoms with Crippen LogP contribution in [0.4, 0.5) is 0 Å². The first-order valence-corrected chi connectivity index (χ1v) is 5.21. The van der Waals surface area contributed by atoms with Gasteiger partial charge < -0.3 is 0 Å². The molecule has 1 heterocycles. The topological polar surface area (TPSA) is 40.5 Å². The average molecular weight is 164 g/mol. The molecule has 2 nitrogen and oxygen atoms in total. The lowest BCUT2D eigenvalue weighted by Crippen LogP contribution is -1.89. The molecule has 4 heteroatoms. The second-order valence-electron chi connectivity index (χ2n) is 1.77. The molecule has 0 aromatic carbocycles. The van der Waals surface area contributed by atoms with Crippen LogP contribution in [0.1, 0.15) is 0 Å². The van der Waals surface area contributed by atoms with Crippen LogP contribution in [0, 0.1) is 0 Å². The van der Waals surface area contributed by atoms with Gasteiger partial charge in [0.05, 0.1) is 0 Å². The van der Waals surface area contributed by atoms with Crippen LogP contribution in [0.2, 0.25) is 0 Å². The summed E-state index contributed by atoms with van der Waals surface area (Å²) in [7, 11) is -2.44. The van der Waals surface area contributed by atoms with E-state index in [1.165, 1.54) is 17.6 Å². The highest BCUT2D eigenvalue weighted by Gasteiger charge is 2.07. The van der Waals surface area contributed by atoms with Crippen molar-refractivity contribution in [2.24, 2.45) is 0 Å². The zero-order valence-corrected chi connectivity index (χ0v) is 6.58. The van der Waals surface area contributed by atoms with Gasteiger partial charge in [-0.15, -0.1) is 11.3 Å². The summed E-state index contributed by atoms with van der Waals surface area (Å²) in [5.74, 6) is 0. The van der Waals surface area contributed by atoms with Gasteiger partial charge in [-0.2, -0.15) is 10.6 Å². The molecular formula is C5H8O2S2. The Bertz CT molecular complexity index is 175. The smallest absolute Gasteiger partial charge is 0.110 e. The van der Waals surface area contributed by atoms with Crippen molar-refractivity contribution in [1.29, 1.82) is 0 Å². The molecule has 0 unspecified atom stereocenters. The Morgan fingerprint density at radius 3 is 2.44 bits per heavy atom. The van der Waals surface area contributed by atoms with Crippen LogP contribution in [-0.4, -0.2) is 15.4 Å². The molecule has 0 saturated carbocycles. The fourth-order valence-corrected chi connectivity index (χ4v) is 2.16. The molecule has 0 atom stereocenters. The fraction of sp³-hybridized carbons (Fsp3) is 0.200. The van der Waals surface area contributed by atoms with Crippen molar-refractivity contribution in [1.82, 2.24) is 0 Å². The average Bonchev–Trinajstić information content (AvgIpc) is 2.08. The highest BCUT2D eigenvalue weighted by atomic mass is 32.3. The minimum Gasteiger partial charge on any atom is -0.294 e. The molecule has 0 radical (unpaired) electrons. The summed E-state index contributed by atoms with van der Waals surface area (Å²) in [4.78, 5) is 0. The molecule has 52 valence electrons. The van der Waals surface area contributed by atoms with Crippen LogP contribution in [0.5, 0.6) is 0 Å². The summed E-state index contributed by atoms with van der Waals surface area (Å²) >= 11 is 1.37. The maximum atomic E-state index is 9.03. The second kappa shape index (κ2) is 2.30. The second-order valence-corrected chi connectivity index (χ2v) is 5.08.